The molecule has 0 aliphatic carbocycles. The number of nitrogens with one attached hydrogen (secondary N) is 2. The second-order valence-corrected chi connectivity index (χ2v) is 21.3. The maximum absolute atomic E-state index is 12.2. The van der Waals surface area contributed by atoms with Crippen molar-refractivity contribution in [2.75, 3.05) is 59.0 Å². The monoisotopic (exact) mass is 1060 g/mol. The standard InChI is InChI=1S/C53H53N13O4S4/c1-7-65(8-2)38-21-25-40(63-61-36-17-13-34(14-18-36)49-54-42-23-11-32(5)29-46(42)72-49)44(30-38)56-51-58-52(60-53(59-51)71-28-27-67)57-45-31-39(66(9-3)10-4)22-26-41(45)64-62-37-19-15-35(16-20-37)50-55-43-24-12-33(6)48(47(43)73-50)74(68,69)70/h11-26,29-31,67H,7-10,27-28H2,1-6H3,(H,68,69,70)(H2,56,57,58,59,60). The third-order valence-corrected chi connectivity index (χ3v) is 16.1. The van der Waals surface area contributed by atoms with Gasteiger partial charge < -0.3 is 25.5 Å². The molecule has 0 unspecified atom stereocenters. The molecule has 378 valence electrons. The van der Waals surface area contributed by atoms with Crippen LogP contribution in [0.15, 0.2) is 146 Å². The molecule has 0 radical (unpaired) electrons. The molecule has 0 atom stereocenters. The number of rotatable bonds is 20. The van der Waals surface area contributed by atoms with E-state index in [-0.39, 0.29) is 23.4 Å². The molecule has 0 bridgehead atoms. The van der Waals surface area contributed by atoms with Gasteiger partial charge in [0.1, 0.15) is 26.3 Å². The molecule has 74 heavy (non-hydrogen) atoms. The molecule has 9 aromatic rings. The fraction of sp³-hybridized carbons (Fsp3) is 0.226. The van der Waals surface area contributed by atoms with Gasteiger partial charge in [-0.2, -0.15) is 33.6 Å². The Balaban J connectivity index is 1.01. The highest BCUT2D eigenvalue weighted by Crippen LogP contribution is 2.39. The van der Waals surface area contributed by atoms with Crippen LogP contribution in [0.25, 0.3) is 41.6 Å². The van der Waals surface area contributed by atoms with Crippen LogP contribution in [0.2, 0.25) is 0 Å². The van der Waals surface area contributed by atoms with Crippen LogP contribution in [0.1, 0.15) is 38.8 Å². The molecule has 9 rings (SSSR count). The summed E-state index contributed by atoms with van der Waals surface area (Å²) in [6.07, 6.45) is 0. The minimum atomic E-state index is -4.45. The van der Waals surface area contributed by atoms with Crippen LogP contribution < -0.4 is 20.4 Å². The van der Waals surface area contributed by atoms with E-state index in [0.29, 0.717) is 65.8 Å². The summed E-state index contributed by atoms with van der Waals surface area (Å²) in [6, 6.07) is 36.6. The number of aliphatic hydroxyl groups is 1. The van der Waals surface area contributed by atoms with Crippen molar-refractivity contribution in [3.8, 4) is 21.1 Å². The fourth-order valence-electron chi connectivity index (χ4n) is 8.13. The number of aromatic nitrogens is 5. The molecule has 0 saturated heterocycles. The van der Waals surface area contributed by atoms with Crippen molar-refractivity contribution in [3.05, 3.63) is 126 Å². The lowest BCUT2D eigenvalue weighted by atomic mass is 10.2. The van der Waals surface area contributed by atoms with Crippen molar-refractivity contribution in [1.29, 1.82) is 0 Å². The Morgan fingerprint density at radius 2 is 1.11 bits per heavy atom. The van der Waals surface area contributed by atoms with Crippen LogP contribution in [0.3, 0.4) is 0 Å². The van der Waals surface area contributed by atoms with Gasteiger partial charge in [-0.05, 0) is 156 Å². The summed E-state index contributed by atoms with van der Waals surface area (Å²) in [6.45, 7) is 15.2. The third-order valence-electron chi connectivity index (χ3n) is 11.9. The molecule has 0 spiro atoms. The lowest BCUT2D eigenvalue weighted by molar-refractivity contribution is 0.322. The molecule has 0 saturated carbocycles. The number of azo groups is 2. The van der Waals surface area contributed by atoms with Gasteiger partial charge in [-0.1, -0.05) is 23.9 Å². The summed E-state index contributed by atoms with van der Waals surface area (Å²) in [5, 5.41) is 37.2. The zero-order chi connectivity index (χ0) is 51.9. The Morgan fingerprint density at radius 1 is 0.595 bits per heavy atom. The zero-order valence-corrected chi connectivity index (χ0v) is 44.7. The van der Waals surface area contributed by atoms with Crippen LogP contribution in [-0.2, 0) is 10.1 Å². The van der Waals surface area contributed by atoms with E-state index in [1.807, 2.05) is 72.8 Å². The Bertz CT molecular complexity index is 3630. The summed E-state index contributed by atoms with van der Waals surface area (Å²) in [5.74, 6) is 0.833. The first kappa shape index (κ1) is 51.6. The molecular formula is C53H53N13O4S4. The van der Waals surface area contributed by atoms with Gasteiger partial charge in [0.05, 0.1) is 49.8 Å². The Kier molecular flexibility index (Phi) is 16.0. The highest BCUT2D eigenvalue weighted by molar-refractivity contribution is 7.99. The zero-order valence-electron chi connectivity index (χ0n) is 41.5. The Morgan fingerprint density at radius 3 is 1.62 bits per heavy atom. The number of aryl methyl sites for hydroxylation is 2. The highest BCUT2D eigenvalue weighted by atomic mass is 32.2. The normalized spacial score (nSPS) is 11.9. The average Bonchev–Trinajstić information content (AvgIpc) is 4.03. The third kappa shape index (κ3) is 11.9. The smallest absolute Gasteiger partial charge is 0.296 e. The Labute approximate surface area is 441 Å². The van der Waals surface area contributed by atoms with E-state index in [0.717, 1.165) is 63.9 Å². The number of thioether (sulfide) groups is 1. The first-order valence-electron chi connectivity index (χ1n) is 23.9. The number of aliphatic hydroxyl groups excluding tert-OH is 1. The summed E-state index contributed by atoms with van der Waals surface area (Å²) >= 11 is 4.15. The van der Waals surface area contributed by atoms with E-state index in [1.54, 1.807) is 42.5 Å². The van der Waals surface area contributed by atoms with Crippen molar-refractivity contribution in [3.63, 3.8) is 0 Å². The van der Waals surface area contributed by atoms with Gasteiger partial charge in [-0.15, -0.1) is 32.9 Å². The number of hydrogen-bond donors (Lipinski definition) is 4. The van der Waals surface area contributed by atoms with Crippen molar-refractivity contribution in [2.45, 2.75) is 51.6 Å². The molecule has 3 heterocycles. The van der Waals surface area contributed by atoms with Crippen LogP contribution in [0.4, 0.5) is 57.4 Å². The minimum absolute atomic E-state index is 0.0771. The second kappa shape index (κ2) is 22.9. The predicted octanol–water partition coefficient (Wildman–Crippen LogP) is 14.4. The molecule has 6 aromatic carbocycles. The molecule has 0 fully saturated rings. The quantitative estimate of drug-likeness (QED) is 0.0317. The van der Waals surface area contributed by atoms with E-state index in [4.69, 9.17) is 25.1 Å². The van der Waals surface area contributed by atoms with Gasteiger partial charge in [0.25, 0.3) is 10.1 Å². The topological polar surface area (TPSA) is 219 Å². The largest absolute Gasteiger partial charge is 0.396 e. The minimum Gasteiger partial charge on any atom is -0.396 e. The van der Waals surface area contributed by atoms with E-state index in [2.05, 4.69) is 93.6 Å². The van der Waals surface area contributed by atoms with Crippen LogP contribution in [-0.4, -0.2) is 81.5 Å². The maximum Gasteiger partial charge on any atom is 0.296 e. The highest BCUT2D eigenvalue weighted by Gasteiger charge is 2.21. The number of anilines is 6. The second-order valence-electron chi connectivity index (χ2n) is 16.9. The lowest BCUT2D eigenvalue weighted by Crippen LogP contribution is -2.21. The van der Waals surface area contributed by atoms with Crippen LogP contribution in [0.5, 0.6) is 0 Å². The van der Waals surface area contributed by atoms with Crippen molar-refractivity contribution < 1.29 is 18.1 Å². The first-order valence-corrected chi connectivity index (χ1v) is 28.0. The average molecular weight is 1060 g/mol. The lowest BCUT2D eigenvalue weighted by Gasteiger charge is -2.22. The SMILES string of the molecule is CCN(CC)c1ccc(N=Nc2ccc(-c3nc4ccc(C)cc4s3)cc2)c(Nc2nc(Nc3cc(N(CC)CC)ccc3N=Nc3ccc(-c4nc5ccc(C)c(S(=O)(=O)O)c5s4)cc3)nc(SCCO)n2)c1. The summed E-state index contributed by atoms with van der Waals surface area (Å²) in [5.41, 5.74) is 10.3. The summed E-state index contributed by atoms with van der Waals surface area (Å²) in [7, 11) is -4.45. The number of benzene rings is 6. The molecule has 21 heteroatoms. The van der Waals surface area contributed by atoms with Gasteiger partial charge in [-0.3, -0.25) is 4.55 Å². The van der Waals surface area contributed by atoms with Gasteiger partial charge in [0.2, 0.25) is 11.9 Å². The molecule has 4 N–H and O–H groups in total. The van der Waals surface area contributed by atoms with Crippen molar-refractivity contribution in [2.24, 2.45) is 20.5 Å². The number of fused-ring (bicyclic) bond motifs is 2. The van der Waals surface area contributed by atoms with Crippen LogP contribution in [0, 0.1) is 13.8 Å². The summed E-state index contributed by atoms with van der Waals surface area (Å²) in [4.78, 5) is 28.2. The van der Waals surface area contributed by atoms with Gasteiger partial charge in [0, 0.05) is 54.4 Å². The fourth-order valence-corrected chi connectivity index (χ4v) is 12.1. The molecular weight excluding hydrogens is 1010 g/mol. The molecule has 0 aliphatic rings. The molecule has 0 amide bonds. The van der Waals surface area contributed by atoms with Crippen LogP contribution >= 0.6 is 34.4 Å². The molecule has 17 nitrogen and oxygen atoms in total. The van der Waals surface area contributed by atoms with Gasteiger partial charge in [-0.25, -0.2) is 9.97 Å². The first-order chi connectivity index (χ1) is 35.8. The molecule has 3 aromatic heterocycles. The summed E-state index contributed by atoms with van der Waals surface area (Å²) < 4.78 is 36.0. The van der Waals surface area contributed by atoms with E-state index >= 15 is 0 Å². The maximum atomic E-state index is 12.2. The van der Waals surface area contributed by atoms with Crippen molar-refractivity contribution in [1.82, 2.24) is 24.9 Å². The molecule has 0 aliphatic heterocycles. The van der Waals surface area contributed by atoms with Gasteiger partial charge >= 0.3 is 0 Å². The predicted molar refractivity (Wildman–Crippen MR) is 302 cm³/mol. The Hall–Kier alpha value is -7.27. The van der Waals surface area contributed by atoms with E-state index < -0.39 is 10.1 Å². The number of nitrogens with zero attached hydrogens (tertiary/aromatic N) is 11. The van der Waals surface area contributed by atoms with Gasteiger partial charge in [0.15, 0.2) is 5.16 Å². The van der Waals surface area contributed by atoms with E-state index in [1.165, 1.54) is 28.7 Å². The number of hydrogen-bond acceptors (Lipinski definition) is 19. The number of thiazole rings is 2. The van der Waals surface area contributed by atoms with Crippen molar-refractivity contribution >= 4 is 122 Å². The van der Waals surface area contributed by atoms with E-state index in [9.17, 15) is 18.1 Å².